The highest BCUT2D eigenvalue weighted by molar-refractivity contribution is 9.09. The van der Waals surface area contributed by atoms with E-state index in [4.69, 9.17) is 0 Å². The molecule has 0 bridgehead atoms. The van der Waals surface area contributed by atoms with E-state index in [0.29, 0.717) is 0 Å². The van der Waals surface area contributed by atoms with Crippen LogP contribution in [0.25, 0.3) is 0 Å². The van der Waals surface area contributed by atoms with Crippen molar-refractivity contribution in [2.45, 2.75) is 10.9 Å². The molecule has 1 aromatic carbocycles. The summed E-state index contributed by atoms with van der Waals surface area (Å²) in [5, 5.41) is 9.52. The minimum atomic E-state index is -1.18. The smallest absolute Gasteiger partial charge is 0.336 e. The number of halogens is 1. The molecule has 1 aromatic rings. The van der Waals surface area contributed by atoms with E-state index < -0.39 is 16.9 Å². The van der Waals surface area contributed by atoms with Gasteiger partial charge in [-0.15, -0.1) is 0 Å². The van der Waals surface area contributed by atoms with Gasteiger partial charge in [0.1, 0.15) is 0 Å². The van der Waals surface area contributed by atoms with Gasteiger partial charge in [0.25, 0.3) is 0 Å². The summed E-state index contributed by atoms with van der Waals surface area (Å²) in [6.45, 7) is 0. The first-order valence-electron chi connectivity index (χ1n) is 4.11. The van der Waals surface area contributed by atoms with Crippen molar-refractivity contribution in [2.75, 3.05) is 7.11 Å². The van der Waals surface area contributed by atoms with Crippen molar-refractivity contribution in [3.05, 3.63) is 35.9 Å². The number of ether oxygens (including phenoxy) is 1. The summed E-state index contributed by atoms with van der Waals surface area (Å²) in [5.74, 6) is -0.643. The standard InChI is InChI=1S/C10H11BrO3/c1-14-10(13)9(12)8(11)7-5-3-2-4-6-7/h2-6,8-9,12H,1H3. The Kier molecular flexibility index (Phi) is 4.10. The highest BCUT2D eigenvalue weighted by Crippen LogP contribution is 2.26. The quantitative estimate of drug-likeness (QED) is 0.663. The van der Waals surface area contributed by atoms with Gasteiger partial charge in [-0.3, -0.25) is 0 Å². The minimum absolute atomic E-state index is 0.434. The van der Waals surface area contributed by atoms with Crippen molar-refractivity contribution in [1.82, 2.24) is 0 Å². The summed E-state index contributed by atoms with van der Waals surface area (Å²) < 4.78 is 4.44. The van der Waals surface area contributed by atoms with Gasteiger partial charge in [-0.1, -0.05) is 46.3 Å². The van der Waals surface area contributed by atoms with Crippen LogP contribution in [0.3, 0.4) is 0 Å². The van der Waals surface area contributed by atoms with Gasteiger partial charge in [0, 0.05) is 0 Å². The van der Waals surface area contributed by atoms with Crippen molar-refractivity contribution in [2.24, 2.45) is 0 Å². The molecule has 3 nitrogen and oxygen atoms in total. The second kappa shape index (κ2) is 5.12. The van der Waals surface area contributed by atoms with Crippen LogP contribution in [0.5, 0.6) is 0 Å². The lowest BCUT2D eigenvalue weighted by molar-refractivity contribution is -0.150. The number of esters is 1. The molecule has 0 aliphatic heterocycles. The van der Waals surface area contributed by atoms with Crippen LogP contribution < -0.4 is 0 Å². The lowest BCUT2D eigenvalue weighted by Crippen LogP contribution is -2.26. The van der Waals surface area contributed by atoms with Crippen molar-refractivity contribution in [3.8, 4) is 0 Å². The van der Waals surface area contributed by atoms with E-state index in [9.17, 15) is 9.90 Å². The molecule has 0 saturated carbocycles. The van der Waals surface area contributed by atoms with Gasteiger partial charge in [-0.25, -0.2) is 4.79 Å². The van der Waals surface area contributed by atoms with E-state index in [2.05, 4.69) is 20.7 Å². The number of alkyl halides is 1. The van der Waals surface area contributed by atoms with Gasteiger partial charge in [-0.2, -0.15) is 0 Å². The second-order valence-corrected chi connectivity index (χ2v) is 3.77. The largest absolute Gasteiger partial charge is 0.467 e. The highest BCUT2D eigenvalue weighted by Gasteiger charge is 2.25. The third-order valence-electron chi connectivity index (χ3n) is 1.84. The van der Waals surface area contributed by atoms with E-state index in [0.717, 1.165) is 5.56 Å². The van der Waals surface area contributed by atoms with E-state index in [-0.39, 0.29) is 0 Å². The van der Waals surface area contributed by atoms with Crippen LogP contribution in [0.1, 0.15) is 10.4 Å². The molecule has 0 saturated heterocycles. The molecular weight excluding hydrogens is 248 g/mol. The fraction of sp³-hybridized carbons (Fsp3) is 0.300. The summed E-state index contributed by atoms with van der Waals surface area (Å²) in [4.78, 5) is 10.6. The Hall–Kier alpha value is -0.870. The Bertz CT molecular complexity index is 299. The van der Waals surface area contributed by atoms with Crippen molar-refractivity contribution < 1.29 is 14.6 Å². The first kappa shape index (κ1) is 11.2. The molecule has 0 radical (unpaired) electrons. The molecule has 2 unspecified atom stereocenters. The first-order chi connectivity index (χ1) is 6.66. The maximum atomic E-state index is 11.0. The number of carbonyl (C=O) groups is 1. The van der Waals surface area contributed by atoms with E-state index in [1.165, 1.54) is 7.11 Å². The lowest BCUT2D eigenvalue weighted by atomic mass is 10.1. The van der Waals surface area contributed by atoms with Gasteiger partial charge < -0.3 is 9.84 Å². The average molecular weight is 259 g/mol. The SMILES string of the molecule is COC(=O)C(O)C(Br)c1ccccc1. The molecular formula is C10H11BrO3. The third-order valence-corrected chi connectivity index (χ3v) is 2.87. The average Bonchev–Trinajstić information content (AvgIpc) is 2.27. The molecule has 0 heterocycles. The Morgan fingerprint density at radius 1 is 1.43 bits per heavy atom. The number of carbonyl (C=O) groups excluding carboxylic acids is 1. The van der Waals surface area contributed by atoms with E-state index in [1.807, 2.05) is 30.3 Å². The second-order valence-electron chi connectivity index (χ2n) is 2.78. The summed E-state index contributed by atoms with van der Waals surface area (Å²) in [6.07, 6.45) is -1.18. The van der Waals surface area contributed by atoms with Gasteiger partial charge in [-0.05, 0) is 5.56 Å². The number of hydrogen-bond donors (Lipinski definition) is 1. The van der Waals surface area contributed by atoms with Gasteiger partial charge in [0.05, 0.1) is 11.9 Å². The summed E-state index contributed by atoms with van der Waals surface area (Å²) >= 11 is 3.24. The fourth-order valence-electron chi connectivity index (χ4n) is 1.06. The summed E-state index contributed by atoms with van der Waals surface area (Å²) in [7, 11) is 1.25. The number of aliphatic hydroxyl groups excluding tert-OH is 1. The Morgan fingerprint density at radius 2 is 2.00 bits per heavy atom. The molecule has 14 heavy (non-hydrogen) atoms. The zero-order chi connectivity index (χ0) is 10.6. The predicted molar refractivity (Wildman–Crippen MR) is 56.1 cm³/mol. The molecule has 4 heteroatoms. The first-order valence-corrected chi connectivity index (χ1v) is 5.03. The van der Waals surface area contributed by atoms with E-state index >= 15 is 0 Å². The van der Waals surface area contributed by atoms with Crippen LogP contribution in [0.15, 0.2) is 30.3 Å². The monoisotopic (exact) mass is 258 g/mol. The molecule has 76 valence electrons. The van der Waals surface area contributed by atoms with E-state index in [1.54, 1.807) is 0 Å². The molecule has 1 rings (SSSR count). The van der Waals surface area contributed by atoms with Crippen LogP contribution in [-0.2, 0) is 9.53 Å². The van der Waals surface area contributed by atoms with Crippen LogP contribution in [-0.4, -0.2) is 24.3 Å². The van der Waals surface area contributed by atoms with Gasteiger partial charge in [0.15, 0.2) is 6.10 Å². The van der Waals surface area contributed by atoms with Crippen molar-refractivity contribution in [3.63, 3.8) is 0 Å². The van der Waals surface area contributed by atoms with Crippen LogP contribution in [0.4, 0.5) is 0 Å². The topological polar surface area (TPSA) is 46.5 Å². The maximum Gasteiger partial charge on any atom is 0.336 e. The molecule has 2 atom stereocenters. The summed E-state index contributed by atoms with van der Waals surface area (Å²) in [6, 6.07) is 9.20. The third kappa shape index (κ3) is 2.56. The Morgan fingerprint density at radius 3 is 2.50 bits per heavy atom. The van der Waals surface area contributed by atoms with Crippen LogP contribution >= 0.6 is 15.9 Å². The van der Waals surface area contributed by atoms with Crippen LogP contribution in [0, 0.1) is 0 Å². The zero-order valence-electron chi connectivity index (χ0n) is 7.68. The normalized spacial score (nSPS) is 14.5. The number of benzene rings is 1. The zero-order valence-corrected chi connectivity index (χ0v) is 9.27. The molecule has 0 amide bonds. The maximum absolute atomic E-state index is 11.0. The molecule has 0 spiro atoms. The number of rotatable bonds is 3. The number of methoxy groups -OCH3 is 1. The van der Waals surface area contributed by atoms with Crippen molar-refractivity contribution in [1.29, 1.82) is 0 Å². The van der Waals surface area contributed by atoms with Gasteiger partial charge in [0.2, 0.25) is 0 Å². The highest BCUT2D eigenvalue weighted by atomic mass is 79.9. The molecule has 0 aromatic heterocycles. The number of aliphatic hydroxyl groups is 1. The summed E-state index contributed by atoms with van der Waals surface area (Å²) in [5.41, 5.74) is 0.838. The molecule has 0 fully saturated rings. The molecule has 0 aliphatic carbocycles. The van der Waals surface area contributed by atoms with Crippen molar-refractivity contribution >= 4 is 21.9 Å². The van der Waals surface area contributed by atoms with Crippen LogP contribution in [0.2, 0.25) is 0 Å². The Labute approximate surface area is 90.8 Å². The Balaban J connectivity index is 2.75. The predicted octanol–water partition coefficient (Wildman–Crippen LogP) is 1.66. The minimum Gasteiger partial charge on any atom is -0.467 e. The lowest BCUT2D eigenvalue weighted by Gasteiger charge is -2.14. The fourth-order valence-corrected chi connectivity index (χ4v) is 1.58. The molecule has 1 N–H and O–H groups in total. The van der Waals surface area contributed by atoms with Gasteiger partial charge >= 0.3 is 5.97 Å². The number of hydrogen-bond acceptors (Lipinski definition) is 3. The molecule has 0 aliphatic rings.